The number of nitrogens with zero attached hydrogens (tertiary/aromatic N) is 6. The lowest BCUT2D eigenvalue weighted by Crippen LogP contribution is -2.28. The molecular weight excluding hydrogens is 646 g/mol. The minimum absolute atomic E-state index is 0.0391. The van der Waals surface area contributed by atoms with Gasteiger partial charge in [0.2, 0.25) is 0 Å². The number of hydrogen-bond acceptors (Lipinski definition) is 10. The second-order valence-corrected chi connectivity index (χ2v) is 12.1. The molecule has 0 radical (unpaired) electrons. The van der Waals surface area contributed by atoms with E-state index in [-0.39, 0.29) is 35.3 Å². The number of non-ortho nitro benzene ring substituents is 1. The van der Waals surface area contributed by atoms with E-state index < -0.39 is 16.9 Å². The summed E-state index contributed by atoms with van der Waals surface area (Å²) in [6.45, 7) is -0.0391. The average molecular weight is 672 g/mol. The largest absolute Gasteiger partial charge is 0.495 e. The van der Waals surface area contributed by atoms with Crippen LogP contribution < -0.4 is 10.1 Å². The molecular formula is C32H26FN7O5S2. The summed E-state index contributed by atoms with van der Waals surface area (Å²) in [5.41, 5.74) is 2.25. The van der Waals surface area contributed by atoms with Gasteiger partial charge in [0.05, 0.1) is 46.6 Å². The number of thioether (sulfide) groups is 1. The number of hydrogen-bond donors (Lipinski definition) is 1. The zero-order valence-electron chi connectivity index (χ0n) is 24.8. The number of thiophene rings is 1. The third-order valence-electron chi connectivity index (χ3n) is 7.32. The highest BCUT2D eigenvalue weighted by molar-refractivity contribution is 7.99. The van der Waals surface area contributed by atoms with Crippen molar-refractivity contribution in [2.45, 2.75) is 24.2 Å². The smallest absolute Gasteiger partial charge is 0.269 e. The van der Waals surface area contributed by atoms with E-state index in [1.165, 1.54) is 59.9 Å². The van der Waals surface area contributed by atoms with Crippen LogP contribution in [-0.2, 0) is 11.3 Å². The van der Waals surface area contributed by atoms with Gasteiger partial charge in [0.25, 0.3) is 17.5 Å². The van der Waals surface area contributed by atoms with Gasteiger partial charge < -0.3 is 10.1 Å². The van der Waals surface area contributed by atoms with Crippen molar-refractivity contribution < 1.29 is 23.6 Å². The summed E-state index contributed by atoms with van der Waals surface area (Å²) in [6, 6.07) is 22.0. The van der Waals surface area contributed by atoms with Crippen molar-refractivity contribution in [2.24, 2.45) is 5.10 Å². The molecule has 1 aliphatic rings. The summed E-state index contributed by atoms with van der Waals surface area (Å²) in [5.74, 6) is -0.262. The second kappa shape index (κ2) is 13.9. The van der Waals surface area contributed by atoms with E-state index >= 15 is 0 Å². The zero-order valence-corrected chi connectivity index (χ0v) is 26.4. The van der Waals surface area contributed by atoms with E-state index in [0.29, 0.717) is 28.8 Å². The molecule has 47 heavy (non-hydrogen) atoms. The number of nitro benzene ring substituents is 1. The Morgan fingerprint density at radius 1 is 1.06 bits per heavy atom. The van der Waals surface area contributed by atoms with E-state index in [0.717, 1.165) is 27.9 Å². The molecule has 6 rings (SSSR count). The number of halogens is 1. The number of aromatic nitrogens is 3. The first-order valence-corrected chi connectivity index (χ1v) is 16.1. The number of carbonyl (C=O) groups is 2. The van der Waals surface area contributed by atoms with Crippen LogP contribution in [0, 0.1) is 15.9 Å². The van der Waals surface area contributed by atoms with Crippen LogP contribution in [0.4, 0.5) is 10.1 Å². The topological polar surface area (TPSA) is 145 Å². The molecule has 1 N–H and O–H groups in total. The lowest BCUT2D eigenvalue weighted by molar-refractivity contribution is -0.384. The van der Waals surface area contributed by atoms with Crippen LogP contribution in [0.1, 0.15) is 39.1 Å². The predicted molar refractivity (Wildman–Crippen MR) is 174 cm³/mol. The number of rotatable bonds is 11. The average Bonchev–Trinajstić information content (AvgIpc) is 3.87. The minimum Gasteiger partial charge on any atom is -0.495 e. The Balaban J connectivity index is 1.24. The fraction of sp³-hybridized carbons (Fsp3) is 0.156. The molecule has 15 heteroatoms. The Kier molecular flexibility index (Phi) is 9.35. The normalized spacial score (nSPS) is 14.1. The highest BCUT2D eigenvalue weighted by Gasteiger charge is 2.34. The molecule has 1 aliphatic heterocycles. The SMILES string of the molecule is COc1ccccc1-n1c(CNC(=O)c2ccc([N+](=O)[O-])cc2)nnc1SCC(=O)N1N=C(c2cccs2)CC1c1ccc(F)cc1. The van der Waals surface area contributed by atoms with Gasteiger partial charge >= 0.3 is 0 Å². The van der Waals surface area contributed by atoms with Crippen molar-refractivity contribution in [3.63, 3.8) is 0 Å². The number of benzene rings is 3. The molecule has 3 aromatic carbocycles. The fourth-order valence-electron chi connectivity index (χ4n) is 5.03. The van der Waals surface area contributed by atoms with E-state index in [1.807, 2.05) is 29.6 Å². The number of nitrogens with one attached hydrogen (secondary N) is 1. The maximum absolute atomic E-state index is 13.7. The monoisotopic (exact) mass is 671 g/mol. The number of ether oxygens (including phenoxy) is 1. The highest BCUT2D eigenvalue weighted by Crippen LogP contribution is 2.35. The molecule has 12 nitrogen and oxygen atoms in total. The first-order valence-electron chi connectivity index (χ1n) is 14.2. The Labute approximate surface area is 276 Å². The van der Waals surface area contributed by atoms with Gasteiger partial charge in [0.15, 0.2) is 11.0 Å². The summed E-state index contributed by atoms with van der Waals surface area (Å²) >= 11 is 2.68. The number of nitro groups is 1. The molecule has 2 aromatic heterocycles. The van der Waals surface area contributed by atoms with Crippen LogP contribution in [0.25, 0.3) is 5.69 Å². The number of methoxy groups -OCH3 is 1. The molecule has 3 heterocycles. The van der Waals surface area contributed by atoms with Crippen molar-refractivity contribution in [3.05, 3.63) is 128 Å². The van der Waals surface area contributed by atoms with Gasteiger partial charge in [0, 0.05) is 24.1 Å². The van der Waals surface area contributed by atoms with Gasteiger partial charge in [-0.3, -0.25) is 24.3 Å². The maximum Gasteiger partial charge on any atom is 0.269 e. The van der Waals surface area contributed by atoms with Crippen molar-refractivity contribution in [2.75, 3.05) is 12.9 Å². The third kappa shape index (κ3) is 6.90. The second-order valence-electron chi connectivity index (χ2n) is 10.2. The van der Waals surface area contributed by atoms with Crippen LogP contribution in [0.5, 0.6) is 5.75 Å². The molecule has 0 spiro atoms. The molecule has 0 bridgehead atoms. The van der Waals surface area contributed by atoms with Crippen molar-refractivity contribution in [3.8, 4) is 11.4 Å². The predicted octanol–water partition coefficient (Wildman–Crippen LogP) is 5.78. The highest BCUT2D eigenvalue weighted by atomic mass is 32.2. The van der Waals surface area contributed by atoms with Gasteiger partial charge in [-0.1, -0.05) is 42.1 Å². The molecule has 238 valence electrons. The Hall–Kier alpha value is -5.41. The van der Waals surface area contributed by atoms with Crippen molar-refractivity contribution >= 4 is 46.3 Å². The summed E-state index contributed by atoms with van der Waals surface area (Å²) < 4.78 is 21.0. The molecule has 0 saturated carbocycles. The third-order valence-corrected chi connectivity index (χ3v) is 9.16. The molecule has 1 unspecified atom stereocenters. The van der Waals surface area contributed by atoms with Crippen LogP contribution >= 0.6 is 23.1 Å². The quantitative estimate of drug-likeness (QED) is 0.106. The summed E-state index contributed by atoms with van der Waals surface area (Å²) in [6.07, 6.45) is 0.485. The van der Waals surface area contributed by atoms with Crippen molar-refractivity contribution in [1.82, 2.24) is 25.1 Å². The van der Waals surface area contributed by atoms with Crippen LogP contribution in [0.2, 0.25) is 0 Å². The Morgan fingerprint density at radius 2 is 1.83 bits per heavy atom. The maximum atomic E-state index is 13.7. The fourth-order valence-corrected chi connectivity index (χ4v) is 6.57. The number of carbonyl (C=O) groups excluding carboxylic acids is 2. The Bertz CT molecular complexity index is 1950. The Morgan fingerprint density at radius 3 is 2.53 bits per heavy atom. The molecule has 5 aromatic rings. The van der Waals surface area contributed by atoms with Crippen LogP contribution in [0.15, 0.2) is 101 Å². The van der Waals surface area contributed by atoms with Gasteiger partial charge in [-0.25, -0.2) is 9.40 Å². The number of para-hydroxylation sites is 2. The van der Waals surface area contributed by atoms with E-state index in [1.54, 1.807) is 28.8 Å². The molecule has 0 fully saturated rings. The first kappa shape index (κ1) is 31.6. The van der Waals surface area contributed by atoms with E-state index in [2.05, 4.69) is 20.6 Å². The first-order chi connectivity index (χ1) is 22.8. The zero-order chi connectivity index (χ0) is 32.9. The molecule has 0 aliphatic carbocycles. The summed E-state index contributed by atoms with van der Waals surface area (Å²) in [7, 11) is 1.53. The van der Waals surface area contributed by atoms with Gasteiger partial charge in [-0.05, 0) is 53.4 Å². The number of hydrazone groups is 1. The lowest BCUT2D eigenvalue weighted by Gasteiger charge is -2.22. The van der Waals surface area contributed by atoms with Gasteiger partial charge in [-0.15, -0.1) is 21.5 Å². The molecule has 0 saturated heterocycles. The van der Waals surface area contributed by atoms with Crippen LogP contribution in [0.3, 0.4) is 0 Å². The lowest BCUT2D eigenvalue weighted by atomic mass is 10.0. The molecule has 2 amide bonds. The van der Waals surface area contributed by atoms with Crippen LogP contribution in [-0.4, -0.2) is 55.1 Å². The summed E-state index contributed by atoms with van der Waals surface area (Å²) in [4.78, 5) is 38.0. The van der Waals surface area contributed by atoms with Gasteiger partial charge in [0.1, 0.15) is 11.6 Å². The minimum atomic E-state index is -0.539. The summed E-state index contributed by atoms with van der Waals surface area (Å²) in [5, 5.41) is 30.9. The van der Waals surface area contributed by atoms with E-state index in [4.69, 9.17) is 4.74 Å². The molecule has 1 atom stereocenters. The van der Waals surface area contributed by atoms with E-state index in [9.17, 15) is 24.1 Å². The van der Waals surface area contributed by atoms with Crippen molar-refractivity contribution in [1.29, 1.82) is 0 Å². The van der Waals surface area contributed by atoms with Gasteiger partial charge in [-0.2, -0.15) is 5.10 Å². The number of amides is 2. The standard InChI is InChI=1S/C32H26FN7O5S2/c1-45-27-6-3-2-5-25(27)38-29(18-34-31(42)21-10-14-23(15-11-21)40(43)44)35-36-32(38)47-19-30(41)39-26(20-8-12-22(33)13-9-20)17-24(37-39)28-7-4-16-46-28/h2-16,26H,17-19H2,1H3,(H,34,42).